The predicted octanol–water partition coefficient (Wildman–Crippen LogP) is 0.933. The average molecular weight is 181 g/mol. The lowest BCUT2D eigenvalue weighted by atomic mass is 10.1. The largest absolute Gasteiger partial charge is 0.481 e. The Morgan fingerprint density at radius 2 is 1.91 bits per heavy atom. The van der Waals surface area contributed by atoms with Crippen molar-refractivity contribution < 1.29 is 19.8 Å². The molecule has 0 fully saturated rings. The van der Waals surface area contributed by atoms with E-state index in [4.69, 9.17) is 21.8 Å². The first-order valence-corrected chi connectivity index (χ1v) is 3.38. The van der Waals surface area contributed by atoms with Crippen LogP contribution < -0.4 is 0 Å². The van der Waals surface area contributed by atoms with Gasteiger partial charge in [0.1, 0.15) is 4.87 Å². The van der Waals surface area contributed by atoms with Gasteiger partial charge in [-0.25, -0.2) is 0 Å². The van der Waals surface area contributed by atoms with E-state index in [9.17, 15) is 9.59 Å². The van der Waals surface area contributed by atoms with E-state index < -0.39 is 16.8 Å². The number of aliphatic carboxylic acids is 2. The summed E-state index contributed by atoms with van der Waals surface area (Å²) in [6.07, 6.45) is -0.300. The van der Waals surface area contributed by atoms with Crippen molar-refractivity contribution in [2.75, 3.05) is 0 Å². The van der Waals surface area contributed by atoms with Crippen molar-refractivity contribution in [1.29, 1.82) is 0 Å². The lowest BCUT2D eigenvalue weighted by molar-refractivity contribution is -0.141. The van der Waals surface area contributed by atoms with Crippen molar-refractivity contribution in [2.45, 2.75) is 24.6 Å². The summed E-state index contributed by atoms with van der Waals surface area (Å²) < 4.78 is 0. The fraction of sp³-hybridized carbons (Fsp3) is 0.667. The summed E-state index contributed by atoms with van der Waals surface area (Å²) in [7, 11) is 0. The van der Waals surface area contributed by atoms with Gasteiger partial charge in [-0.05, 0) is 13.3 Å². The van der Waals surface area contributed by atoms with Crippen LogP contribution in [-0.2, 0) is 9.59 Å². The molecule has 5 heteroatoms. The first-order valence-electron chi connectivity index (χ1n) is 3.00. The topological polar surface area (TPSA) is 74.6 Å². The Morgan fingerprint density at radius 1 is 1.45 bits per heavy atom. The predicted molar refractivity (Wildman–Crippen MR) is 38.8 cm³/mol. The first kappa shape index (κ1) is 10.2. The molecule has 0 amide bonds. The van der Waals surface area contributed by atoms with E-state index in [2.05, 4.69) is 0 Å². The molecule has 0 aliphatic rings. The van der Waals surface area contributed by atoms with Gasteiger partial charge in [0.05, 0.1) is 0 Å². The van der Waals surface area contributed by atoms with E-state index >= 15 is 0 Å². The van der Waals surface area contributed by atoms with Gasteiger partial charge in [0, 0.05) is 6.42 Å². The molecule has 0 bridgehead atoms. The van der Waals surface area contributed by atoms with E-state index in [1.54, 1.807) is 0 Å². The maximum absolute atomic E-state index is 10.3. The Balaban J connectivity index is 3.92. The molecule has 0 spiro atoms. The van der Waals surface area contributed by atoms with Crippen LogP contribution in [-0.4, -0.2) is 27.0 Å². The molecule has 1 unspecified atom stereocenters. The molecule has 4 nitrogen and oxygen atoms in total. The molecule has 0 aromatic heterocycles. The lowest BCUT2D eigenvalue weighted by Gasteiger charge is -2.13. The summed E-state index contributed by atoms with van der Waals surface area (Å²) in [6.45, 7) is 1.28. The van der Waals surface area contributed by atoms with E-state index in [-0.39, 0.29) is 12.8 Å². The van der Waals surface area contributed by atoms with Crippen molar-refractivity contribution in [3.05, 3.63) is 0 Å². The molecule has 11 heavy (non-hydrogen) atoms. The number of hydrogen-bond donors (Lipinski definition) is 2. The van der Waals surface area contributed by atoms with E-state index in [0.29, 0.717) is 0 Å². The smallest absolute Gasteiger partial charge is 0.324 e. The summed E-state index contributed by atoms with van der Waals surface area (Å²) in [5.74, 6) is -2.24. The third-order valence-corrected chi connectivity index (χ3v) is 1.60. The van der Waals surface area contributed by atoms with Gasteiger partial charge >= 0.3 is 11.9 Å². The molecule has 0 aromatic rings. The van der Waals surface area contributed by atoms with Crippen molar-refractivity contribution >= 4 is 23.5 Å². The number of rotatable bonds is 4. The second-order valence-corrected chi connectivity index (χ2v) is 3.23. The number of carboxylic acids is 2. The second-order valence-electron chi connectivity index (χ2n) is 2.40. The van der Waals surface area contributed by atoms with Gasteiger partial charge in [0.15, 0.2) is 0 Å². The summed E-state index contributed by atoms with van der Waals surface area (Å²) in [5.41, 5.74) is 0. The second kappa shape index (κ2) is 3.57. The number of halogens is 1. The standard InChI is InChI=1S/C6H9ClO4/c1-6(7,5(10)11)3-2-4(8)9/h2-3H2,1H3,(H,8,9)(H,10,11). The summed E-state index contributed by atoms with van der Waals surface area (Å²) in [4.78, 5) is 18.9. The van der Waals surface area contributed by atoms with Crippen molar-refractivity contribution in [3.8, 4) is 0 Å². The van der Waals surface area contributed by atoms with E-state index in [1.165, 1.54) is 6.92 Å². The highest BCUT2D eigenvalue weighted by Crippen LogP contribution is 2.20. The maximum atomic E-state index is 10.3. The molecule has 0 rings (SSSR count). The average Bonchev–Trinajstić information content (AvgIpc) is 1.84. The Hall–Kier alpha value is -0.770. The van der Waals surface area contributed by atoms with Crippen LogP contribution in [0.5, 0.6) is 0 Å². The molecule has 1 atom stereocenters. The third-order valence-electron chi connectivity index (χ3n) is 1.25. The molecule has 0 saturated carbocycles. The molecule has 2 N–H and O–H groups in total. The molecule has 0 aliphatic heterocycles. The molecule has 0 saturated heterocycles. The van der Waals surface area contributed by atoms with Gasteiger partial charge in [-0.3, -0.25) is 9.59 Å². The number of hydrogen-bond acceptors (Lipinski definition) is 2. The molecule has 64 valence electrons. The third kappa shape index (κ3) is 3.83. The Kier molecular flexibility index (Phi) is 3.32. The molecule has 0 radical (unpaired) electrons. The lowest BCUT2D eigenvalue weighted by Crippen LogP contribution is -2.29. The fourth-order valence-electron chi connectivity index (χ4n) is 0.449. The van der Waals surface area contributed by atoms with Gasteiger partial charge in [-0.2, -0.15) is 0 Å². The van der Waals surface area contributed by atoms with Crippen LogP contribution >= 0.6 is 11.6 Å². The van der Waals surface area contributed by atoms with Gasteiger partial charge in [-0.15, -0.1) is 11.6 Å². The summed E-state index contributed by atoms with van der Waals surface area (Å²) in [5, 5.41) is 16.6. The highest BCUT2D eigenvalue weighted by atomic mass is 35.5. The summed E-state index contributed by atoms with van der Waals surface area (Å²) >= 11 is 5.45. The minimum absolute atomic E-state index is 0.0702. The maximum Gasteiger partial charge on any atom is 0.324 e. The zero-order chi connectivity index (χ0) is 9.07. The highest BCUT2D eigenvalue weighted by Gasteiger charge is 2.30. The zero-order valence-corrected chi connectivity index (χ0v) is 6.76. The minimum atomic E-state index is -1.46. The Morgan fingerprint density at radius 3 is 2.18 bits per heavy atom. The monoisotopic (exact) mass is 180 g/mol. The van der Waals surface area contributed by atoms with Gasteiger partial charge in [0.2, 0.25) is 0 Å². The van der Waals surface area contributed by atoms with Crippen molar-refractivity contribution in [2.24, 2.45) is 0 Å². The van der Waals surface area contributed by atoms with Crippen LogP contribution in [0.25, 0.3) is 0 Å². The Labute approximate surface area is 68.8 Å². The Bertz CT molecular complexity index is 175. The van der Waals surface area contributed by atoms with Crippen LogP contribution in [0.1, 0.15) is 19.8 Å². The number of carboxylic acid groups (broad SMARTS) is 2. The normalized spacial score (nSPS) is 15.5. The quantitative estimate of drug-likeness (QED) is 0.632. The molecule has 0 aromatic carbocycles. The van der Waals surface area contributed by atoms with Gasteiger partial charge in [0.25, 0.3) is 0 Å². The van der Waals surface area contributed by atoms with Crippen molar-refractivity contribution in [1.82, 2.24) is 0 Å². The number of carbonyl (C=O) groups is 2. The molecule has 0 heterocycles. The van der Waals surface area contributed by atoms with Crippen LogP contribution in [0.3, 0.4) is 0 Å². The minimum Gasteiger partial charge on any atom is -0.481 e. The SMILES string of the molecule is CC(Cl)(CCC(=O)O)C(=O)O. The van der Waals surface area contributed by atoms with E-state index in [1.807, 2.05) is 0 Å². The van der Waals surface area contributed by atoms with Crippen LogP contribution in [0, 0.1) is 0 Å². The van der Waals surface area contributed by atoms with Crippen LogP contribution in [0.2, 0.25) is 0 Å². The van der Waals surface area contributed by atoms with Crippen molar-refractivity contribution in [3.63, 3.8) is 0 Å². The first-order chi connectivity index (χ1) is 4.86. The highest BCUT2D eigenvalue weighted by molar-refractivity contribution is 6.33. The summed E-state index contributed by atoms with van der Waals surface area (Å²) in [6, 6.07) is 0. The van der Waals surface area contributed by atoms with Crippen LogP contribution in [0.15, 0.2) is 0 Å². The molecule has 0 aliphatic carbocycles. The fourth-order valence-corrected chi connectivity index (χ4v) is 0.543. The van der Waals surface area contributed by atoms with Crippen LogP contribution in [0.4, 0.5) is 0 Å². The van der Waals surface area contributed by atoms with E-state index in [0.717, 1.165) is 0 Å². The van der Waals surface area contributed by atoms with Gasteiger partial charge < -0.3 is 10.2 Å². The van der Waals surface area contributed by atoms with Gasteiger partial charge in [-0.1, -0.05) is 0 Å². The molecular formula is C6H9ClO4. The molecular weight excluding hydrogens is 172 g/mol. The zero-order valence-electron chi connectivity index (χ0n) is 6.00. The number of alkyl halides is 1.